The minimum atomic E-state index is -0.496. The molecule has 0 saturated carbocycles. The lowest BCUT2D eigenvalue weighted by Gasteiger charge is -2.09. The average Bonchev–Trinajstić information content (AvgIpc) is 2.41. The molecule has 0 saturated heterocycles. The van der Waals surface area contributed by atoms with E-state index in [0.29, 0.717) is 5.82 Å². The normalized spacial score (nSPS) is 10.0. The molecule has 0 aliphatic rings. The van der Waals surface area contributed by atoms with E-state index in [1.807, 2.05) is 24.3 Å². The lowest BCUT2D eigenvalue weighted by molar-refractivity contribution is -0.384. The molecule has 98 valence electrons. The van der Waals surface area contributed by atoms with Crippen LogP contribution in [0.25, 0.3) is 0 Å². The van der Waals surface area contributed by atoms with Gasteiger partial charge in [-0.15, -0.1) is 0 Å². The molecule has 0 aliphatic carbocycles. The second kappa shape index (κ2) is 5.80. The molecule has 1 aromatic heterocycles. The zero-order valence-corrected chi connectivity index (χ0v) is 11.8. The average molecular weight is 371 g/mol. The predicted octanol–water partition coefficient (Wildman–Crippen LogP) is 2.62. The molecule has 0 aliphatic heterocycles. The van der Waals surface area contributed by atoms with Gasteiger partial charge in [0.15, 0.2) is 0 Å². The summed E-state index contributed by atoms with van der Waals surface area (Å²) in [5.41, 5.74) is 3.04. The van der Waals surface area contributed by atoms with Crippen molar-refractivity contribution in [1.29, 1.82) is 0 Å². The minimum absolute atomic E-state index is 0.0867. The number of nitrogen functional groups attached to an aromatic ring is 1. The van der Waals surface area contributed by atoms with E-state index in [-0.39, 0.29) is 11.5 Å². The van der Waals surface area contributed by atoms with Crippen LogP contribution in [0.1, 0.15) is 0 Å². The standard InChI is InChI=1S/C11H10IN5O2/c12-8-3-1-2-4-9(8)14-10-5-7(17(18)19)6-11(15-10)16-13/h1-6H,13H2,(H2,14,15,16). The van der Waals surface area contributed by atoms with Crippen LogP contribution in [-0.4, -0.2) is 9.91 Å². The number of hydrogen-bond acceptors (Lipinski definition) is 6. The Balaban J connectivity index is 2.37. The van der Waals surface area contributed by atoms with Crippen LogP contribution in [0.5, 0.6) is 0 Å². The third-order valence-electron chi connectivity index (χ3n) is 2.31. The van der Waals surface area contributed by atoms with E-state index in [9.17, 15) is 10.1 Å². The fourth-order valence-electron chi connectivity index (χ4n) is 1.46. The van der Waals surface area contributed by atoms with E-state index in [0.717, 1.165) is 9.26 Å². The molecule has 1 aromatic carbocycles. The van der Waals surface area contributed by atoms with Crippen LogP contribution in [-0.2, 0) is 0 Å². The molecule has 0 fully saturated rings. The first-order valence-electron chi connectivity index (χ1n) is 5.25. The number of hydrazine groups is 1. The minimum Gasteiger partial charge on any atom is -0.339 e. The van der Waals surface area contributed by atoms with Gasteiger partial charge in [-0.1, -0.05) is 12.1 Å². The zero-order valence-electron chi connectivity index (χ0n) is 9.63. The van der Waals surface area contributed by atoms with Gasteiger partial charge in [-0.05, 0) is 34.7 Å². The maximum atomic E-state index is 10.8. The van der Waals surface area contributed by atoms with Crippen LogP contribution in [0.3, 0.4) is 0 Å². The maximum absolute atomic E-state index is 10.8. The number of nitrogens with two attached hydrogens (primary N) is 1. The van der Waals surface area contributed by atoms with Crippen molar-refractivity contribution in [2.75, 3.05) is 10.7 Å². The first-order valence-corrected chi connectivity index (χ1v) is 6.32. The largest absolute Gasteiger partial charge is 0.339 e. The van der Waals surface area contributed by atoms with Crippen molar-refractivity contribution >= 4 is 45.6 Å². The van der Waals surface area contributed by atoms with Gasteiger partial charge >= 0.3 is 0 Å². The van der Waals surface area contributed by atoms with Gasteiger partial charge in [0.1, 0.15) is 11.6 Å². The highest BCUT2D eigenvalue weighted by molar-refractivity contribution is 14.1. The van der Waals surface area contributed by atoms with E-state index in [2.05, 4.69) is 38.3 Å². The second-order valence-corrected chi connectivity index (χ2v) is 4.76. The van der Waals surface area contributed by atoms with Crippen LogP contribution in [0.2, 0.25) is 0 Å². The Morgan fingerprint density at radius 2 is 1.95 bits per heavy atom. The summed E-state index contributed by atoms with van der Waals surface area (Å²) < 4.78 is 0.982. The Bertz CT molecular complexity index is 620. The molecule has 2 aromatic rings. The Labute approximate surface area is 122 Å². The first kappa shape index (κ1) is 13.5. The molecule has 4 N–H and O–H groups in total. The number of nitro groups is 1. The third kappa shape index (κ3) is 3.29. The number of nitrogens with one attached hydrogen (secondary N) is 2. The monoisotopic (exact) mass is 371 g/mol. The summed E-state index contributed by atoms with van der Waals surface area (Å²) in [6, 6.07) is 10.2. The predicted molar refractivity (Wildman–Crippen MR) is 81.1 cm³/mol. The Kier molecular flexibility index (Phi) is 4.12. The number of anilines is 3. The van der Waals surface area contributed by atoms with Gasteiger partial charge in [0, 0.05) is 3.57 Å². The van der Waals surface area contributed by atoms with E-state index < -0.39 is 4.92 Å². The second-order valence-electron chi connectivity index (χ2n) is 3.60. The number of benzene rings is 1. The van der Waals surface area contributed by atoms with E-state index in [1.54, 1.807) is 0 Å². The SMILES string of the molecule is NNc1cc([N+](=O)[O-])cc(Nc2ccccc2I)n1. The molecule has 0 amide bonds. The molecule has 19 heavy (non-hydrogen) atoms. The number of pyridine rings is 1. The summed E-state index contributed by atoms with van der Waals surface area (Å²) in [5.74, 6) is 5.82. The molecule has 8 heteroatoms. The lowest BCUT2D eigenvalue weighted by Crippen LogP contribution is -2.10. The highest BCUT2D eigenvalue weighted by Gasteiger charge is 2.11. The van der Waals surface area contributed by atoms with E-state index in [1.165, 1.54) is 12.1 Å². The zero-order chi connectivity index (χ0) is 13.8. The van der Waals surface area contributed by atoms with Crippen molar-refractivity contribution in [2.24, 2.45) is 5.84 Å². The van der Waals surface area contributed by atoms with Gasteiger partial charge in [0.05, 0.1) is 22.7 Å². The lowest BCUT2D eigenvalue weighted by atomic mass is 10.3. The first-order chi connectivity index (χ1) is 9.10. The van der Waals surface area contributed by atoms with Crippen molar-refractivity contribution in [3.63, 3.8) is 0 Å². The van der Waals surface area contributed by atoms with E-state index in [4.69, 9.17) is 5.84 Å². The number of hydrogen-bond donors (Lipinski definition) is 3. The highest BCUT2D eigenvalue weighted by Crippen LogP contribution is 2.25. The molecule has 0 spiro atoms. The molecule has 0 radical (unpaired) electrons. The fraction of sp³-hybridized carbons (Fsp3) is 0. The Morgan fingerprint density at radius 3 is 2.58 bits per heavy atom. The molecule has 0 atom stereocenters. The van der Waals surface area contributed by atoms with Crippen molar-refractivity contribution in [2.45, 2.75) is 0 Å². The number of aromatic nitrogens is 1. The summed E-state index contributed by atoms with van der Waals surface area (Å²) in [6.45, 7) is 0. The van der Waals surface area contributed by atoms with Crippen molar-refractivity contribution in [1.82, 2.24) is 4.98 Å². The number of para-hydroxylation sites is 1. The van der Waals surface area contributed by atoms with Crippen LogP contribution >= 0.6 is 22.6 Å². The van der Waals surface area contributed by atoms with Gasteiger partial charge in [-0.25, -0.2) is 10.8 Å². The smallest absolute Gasteiger partial charge is 0.276 e. The summed E-state index contributed by atoms with van der Waals surface area (Å²) in [4.78, 5) is 14.4. The molecule has 0 bridgehead atoms. The van der Waals surface area contributed by atoms with Gasteiger partial charge in [-0.3, -0.25) is 10.1 Å². The number of nitrogens with zero attached hydrogens (tertiary/aromatic N) is 2. The Morgan fingerprint density at radius 1 is 1.26 bits per heavy atom. The molecule has 2 rings (SSSR count). The van der Waals surface area contributed by atoms with Gasteiger partial charge in [-0.2, -0.15) is 0 Å². The van der Waals surface area contributed by atoms with Gasteiger partial charge in [0.25, 0.3) is 5.69 Å². The Hall–Kier alpha value is -1.94. The van der Waals surface area contributed by atoms with Crippen LogP contribution in [0.15, 0.2) is 36.4 Å². The highest BCUT2D eigenvalue weighted by atomic mass is 127. The molecule has 0 unspecified atom stereocenters. The van der Waals surface area contributed by atoms with Gasteiger partial charge in [0.2, 0.25) is 0 Å². The fourth-order valence-corrected chi connectivity index (χ4v) is 1.98. The van der Waals surface area contributed by atoms with Crippen molar-refractivity contribution < 1.29 is 4.92 Å². The van der Waals surface area contributed by atoms with E-state index >= 15 is 0 Å². The van der Waals surface area contributed by atoms with Gasteiger partial charge < -0.3 is 10.7 Å². The van der Waals surface area contributed by atoms with Crippen LogP contribution in [0, 0.1) is 13.7 Å². The number of rotatable bonds is 4. The third-order valence-corrected chi connectivity index (χ3v) is 3.25. The summed E-state index contributed by atoms with van der Waals surface area (Å²) in [5, 5.41) is 13.8. The summed E-state index contributed by atoms with van der Waals surface area (Å²) in [6.07, 6.45) is 0. The molecular weight excluding hydrogens is 361 g/mol. The molecular formula is C11H10IN5O2. The number of halogens is 1. The van der Waals surface area contributed by atoms with Crippen molar-refractivity contribution in [3.05, 3.63) is 50.1 Å². The van der Waals surface area contributed by atoms with Crippen LogP contribution < -0.4 is 16.6 Å². The molecule has 1 heterocycles. The quantitative estimate of drug-likeness (QED) is 0.330. The topological polar surface area (TPSA) is 106 Å². The molecule has 7 nitrogen and oxygen atoms in total. The maximum Gasteiger partial charge on any atom is 0.276 e. The summed E-state index contributed by atoms with van der Waals surface area (Å²) >= 11 is 2.16. The summed E-state index contributed by atoms with van der Waals surface area (Å²) in [7, 11) is 0. The van der Waals surface area contributed by atoms with Crippen LogP contribution in [0.4, 0.5) is 23.0 Å². The van der Waals surface area contributed by atoms with Crippen molar-refractivity contribution in [3.8, 4) is 0 Å².